The largest absolute Gasteiger partial charge is 0.403 e. The molecule has 1 saturated carbocycles. The van der Waals surface area contributed by atoms with Crippen LogP contribution in [0.1, 0.15) is 68.1 Å². The van der Waals surface area contributed by atoms with Crippen LogP contribution in [0, 0.1) is 12.8 Å². The third-order valence-corrected chi connectivity index (χ3v) is 6.74. The molecule has 0 bridgehead atoms. The van der Waals surface area contributed by atoms with Crippen LogP contribution in [0.2, 0.25) is 0 Å². The van der Waals surface area contributed by atoms with Crippen molar-refractivity contribution >= 4 is 11.8 Å². The molecule has 2 amide bonds. The lowest BCUT2D eigenvalue weighted by Crippen LogP contribution is -2.46. The molecule has 2 aliphatic rings. The zero-order valence-electron chi connectivity index (χ0n) is 18.7. The van der Waals surface area contributed by atoms with Gasteiger partial charge in [0.2, 0.25) is 11.8 Å². The fourth-order valence-corrected chi connectivity index (χ4v) is 4.86. The number of nitrogens with zero attached hydrogens (tertiary/aromatic N) is 1. The summed E-state index contributed by atoms with van der Waals surface area (Å²) >= 11 is 0. The van der Waals surface area contributed by atoms with Crippen molar-refractivity contribution in [2.75, 3.05) is 6.54 Å². The number of nitrogens with two attached hydrogens (primary N) is 1. The Labute approximate surface area is 187 Å². The molecule has 32 heavy (non-hydrogen) atoms. The molecule has 2 fully saturated rings. The van der Waals surface area contributed by atoms with Crippen molar-refractivity contribution in [2.24, 2.45) is 11.7 Å². The van der Waals surface area contributed by atoms with Gasteiger partial charge in [-0.05, 0) is 56.1 Å². The van der Waals surface area contributed by atoms with Crippen molar-refractivity contribution < 1.29 is 22.8 Å². The van der Waals surface area contributed by atoms with E-state index in [0.29, 0.717) is 36.4 Å². The van der Waals surface area contributed by atoms with E-state index in [4.69, 9.17) is 5.73 Å². The van der Waals surface area contributed by atoms with Crippen LogP contribution in [0.4, 0.5) is 13.2 Å². The van der Waals surface area contributed by atoms with Crippen LogP contribution in [-0.4, -0.2) is 41.5 Å². The molecule has 3 N–H and O–H groups in total. The summed E-state index contributed by atoms with van der Waals surface area (Å²) in [5, 5.41) is 2.85. The van der Waals surface area contributed by atoms with Gasteiger partial charge in [-0.15, -0.1) is 0 Å². The minimum atomic E-state index is -4.48. The van der Waals surface area contributed by atoms with E-state index in [1.165, 1.54) is 19.3 Å². The van der Waals surface area contributed by atoms with E-state index in [1.807, 2.05) is 6.92 Å². The van der Waals surface area contributed by atoms with E-state index in [-0.39, 0.29) is 24.8 Å². The summed E-state index contributed by atoms with van der Waals surface area (Å²) < 4.78 is 38.8. The topological polar surface area (TPSA) is 75.4 Å². The maximum atomic E-state index is 12.9. The number of carbonyl (C=O) groups excluding carboxylic acids is 2. The summed E-state index contributed by atoms with van der Waals surface area (Å²) in [5.41, 5.74) is 7.30. The Morgan fingerprint density at radius 2 is 1.84 bits per heavy atom. The molecule has 2 atom stereocenters. The maximum absolute atomic E-state index is 12.9. The molecule has 1 heterocycles. The van der Waals surface area contributed by atoms with E-state index < -0.39 is 18.3 Å². The summed E-state index contributed by atoms with van der Waals surface area (Å²) in [6.45, 7) is 2.54. The number of alkyl halides is 3. The van der Waals surface area contributed by atoms with Crippen molar-refractivity contribution in [1.82, 2.24) is 10.2 Å². The van der Waals surface area contributed by atoms with Gasteiger partial charge in [-0.25, -0.2) is 0 Å². The Morgan fingerprint density at radius 1 is 1.12 bits per heavy atom. The molecule has 2 unspecified atom stereocenters. The number of carbonyl (C=O) groups is 2. The smallest absolute Gasteiger partial charge is 0.350 e. The highest BCUT2D eigenvalue weighted by atomic mass is 19.4. The molecule has 3 rings (SSSR count). The fourth-order valence-electron chi connectivity index (χ4n) is 4.86. The average Bonchev–Trinajstić information content (AvgIpc) is 3.24. The van der Waals surface area contributed by atoms with Gasteiger partial charge in [-0.1, -0.05) is 43.0 Å². The van der Waals surface area contributed by atoms with Crippen LogP contribution in [0.5, 0.6) is 0 Å². The number of amides is 2. The molecule has 1 aliphatic carbocycles. The predicted molar refractivity (Wildman–Crippen MR) is 117 cm³/mol. The lowest BCUT2D eigenvalue weighted by molar-refractivity contribution is -0.147. The van der Waals surface area contributed by atoms with E-state index in [9.17, 15) is 22.8 Å². The first kappa shape index (κ1) is 24.6. The molecule has 5 nitrogen and oxygen atoms in total. The van der Waals surface area contributed by atoms with Crippen LogP contribution >= 0.6 is 0 Å². The predicted octanol–water partition coefficient (Wildman–Crippen LogP) is 4.00. The summed E-state index contributed by atoms with van der Waals surface area (Å²) in [4.78, 5) is 27.4. The number of rotatable bonds is 7. The van der Waals surface area contributed by atoms with Gasteiger partial charge in [0.05, 0.1) is 0 Å². The Bertz CT molecular complexity index is 806. The summed E-state index contributed by atoms with van der Waals surface area (Å²) in [7, 11) is 0. The Hall–Kier alpha value is -2.09. The van der Waals surface area contributed by atoms with Crippen LogP contribution in [0.15, 0.2) is 18.2 Å². The lowest BCUT2D eigenvalue weighted by atomic mass is 9.86. The lowest BCUT2D eigenvalue weighted by Gasteiger charge is -2.28. The standard InChI is InChI=1S/C24H34F3N3O2/c1-16-9-10-18(14-21(28)24(25,26)27)19(12-16)15-29-23(32)20-8-5-11-30(20)22(31)13-17-6-3-2-4-7-17/h9-10,12,17,20-21H,2-8,11,13-15,28H2,1H3,(H,29,32). The second-order valence-electron chi connectivity index (χ2n) is 9.30. The number of benzene rings is 1. The second kappa shape index (κ2) is 10.7. The SMILES string of the molecule is Cc1ccc(CC(N)C(F)(F)F)c(CNC(=O)C2CCCN2C(=O)CC2CCCCC2)c1. The number of likely N-dealkylation sites (tertiary alicyclic amines) is 1. The highest BCUT2D eigenvalue weighted by Crippen LogP contribution is 2.29. The van der Waals surface area contributed by atoms with Crippen LogP contribution < -0.4 is 11.1 Å². The first-order valence-electron chi connectivity index (χ1n) is 11.6. The summed E-state index contributed by atoms with van der Waals surface area (Å²) in [5.74, 6) is 0.210. The third kappa shape index (κ3) is 6.47. The summed E-state index contributed by atoms with van der Waals surface area (Å²) in [6.07, 6.45) is 2.79. The van der Waals surface area contributed by atoms with Gasteiger partial charge in [0, 0.05) is 19.5 Å². The molecule has 0 radical (unpaired) electrons. The molecule has 1 aromatic carbocycles. The normalized spacial score (nSPS) is 20.9. The van der Waals surface area contributed by atoms with Crippen molar-refractivity contribution in [3.8, 4) is 0 Å². The highest BCUT2D eigenvalue weighted by Gasteiger charge is 2.37. The Morgan fingerprint density at radius 3 is 2.53 bits per heavy atom. The van der Waals surface area contributed by atoms with Crippen LogP contribution in [0.3, 0.4) is 0 Å². The molecule has 8 heteroatoms. The molecule has 1 saturated heterocycles. The van der Waals surface area contributed by atoms with Crippen LogP contribution in [-0.2, 0) is 22.6 Å². The number of hydrogen-bond acceptors (Lipinski definition) is 3. The maximum Gasteiger partial charge on any atom is 0.403 e. The molecular formula is C24H34F3N3O2. The number of nitrogens with one attached hydrogen (secondary N) is 1. The zero-order valence-corrected chi connectivity index (χ0v) is 18.7. The van der Waals surface area contributed by atoms with Crippen molar-refractivity contribution in [2.45, 2.75) is 89.5 Å². The number of halogens is 3. The highest BCUT2D eigenvalue weighted by molar-refractivity contribution is 5.88. The third-order valence-electron chi connectivity index (χ3n) is 6.74. The Balaban J connectivity index is 1.60. The number of hydrogen-bond donors (Lipinski definition) is 2. The zero-order chi connectivity index (χ0) is 23.3. The van der Waals surface area contributed by atoms with Gasteiger partial charge in [0.25, 0.3) is 0 Å². The van der Waals surface area contributed by atoms with E-state index in [0.717, 1.165) is 24.8 Å². The average molecular weight is 454 g/mol. The van der Waals surface area contributed by atoms with Gasteiger partial charge >= 0.3 is 6.18 Å². The van der Waals surface area contributed by atoms with Gasteiger partial charge in [-0.3, -0.25) is 9.59 Å². The van der Waals surface area contributed by atoms with Gasteiger partial charge in [0.1, 0.15) is 12.1 Å². The quantitative estimate of drug-likeness (QED) is 0.655. The van der Waals surface area contributed by atoms with Gasteiger partial charge in [-0.2, -0.15) is 13.2 Å². The number of aryl methyl sites for hydroxylation is 1. The minimum Gasteiger partial charge on any atom is -0.350 e. The Kier molecular flexibility index (Phi) is 8.20. The molecule has 1 aliphatic heterocycles. The first-order chi connectivity index (χ1) is 15.1. The summed E-state index contributed by atoms with van der Waals surface area (Å²) in [6, 6.07) is 2.70. The monoisotopic (exact) mass is 453 g/mol. The molecular weight excluding hydrogens is 419 g/mol. The van der Waals surface area contributed by atoms with Gasteiger partial charge in [0.15, 0.2) is 0 Å². The minimum absolute atomic E-state index is 0.0435. The molecule has 178 valence electrons. The van der Waals surface area contributed by atoms with E-state index >= 15 is 0 Å². The van der Waals surface area contributed by atoms with Crippen molar-refractivity contribution in [3.05, 3.63) is 34.9 Å². The molecule has 0 aromatic heterocycles. The van der Waals surface area contributed by atoms with Crippen molar-refractivity contribution in [3.63, 3.8) is 0 Å². The van der Waals surface area contributed by atoms with E-state index in [2.05, 4.69) is 5.32 Å². The van der Waals surface area contributed by atoms with Crippen molar-refractivity contribution in [1.29, 1.82) is 0 Å². The van der Waals surface area contributed by atoms with E-state index in [1.54, 1.807) is 23.1 Å². The fraction of sp³-hybridized carbons (Fsp3) is 0.667. The van der Waals surface area contributed by atoms with Gasteiger partial charge < -0.3 is 16.0 Å². The second-order valence-corrected chi connectivity index (χ2v) is 9.30. The molecule has 1 aromatic rings. The van der Waals surface area contributed by atoms with Crippen LogP contribution in [0.25, 0.3) is 0 Å². The first-order valence-corrected chi connectivity index (χ1v) is 11.6. The molecule has 0 spiro atoms.